The van der Waals surface area contributed by atoms with Gasteiger partial charge in [-0.15, -0.1) is 0 Å². The van der Waals surface area contributed by atoms with Gasteiger partial charge in [0.05, 0.1) is 0 Å². The third kappa shape index (κ3) is 3.55. The standard InChI is InChI=1S/C15H24N2/c1-12-3-5-14(6-4-12)11-13(2)17-9-7-15(16)8-10-17/h3-6,13,15H,7-11,16H2,1-2H3. The minimum absolute atomic E-state index is 0.429. The first kappa shape index (κ1) is 12.6. The van der Waals surface area contributed by atoms with Gasteiger partial charge in [-0.2, -0.15) is 0 Å². The van der Waals surface area contributed by atoms with Crippen LogP contribution in [0.4, 0.5) is 0 Å². The molecule has 0 spiro atoms. The van der Waals surface area contributed by atoms with Gasteiger partial charge in [0.1, 0.15) is 0 Å². The van der Waals surface area contributed by atoms with Crippen LogP contribution >= 0.6 is 0 Å². The van der Waals surface area contributed by atoms with Crippen molar-refractivity contribution >= 4 is 0 Å². The van der Waals surface area contributed by atoms with Crippen molar-refractivity contribution in [1.29, 1.82) is 0 Å². The average molecular weight is 232 g/mol. The van der Waals surface area contributed by atoms with Gasteiger partial charge in [-0.3, -0.25) is 0 Å². The number of nitrogens with zero attached hydrogens (tertiary/aromatic N) is 1. The molecule has 2 N–H and O–H groups in total. The van der Waals surface area contributed by atoms with Crippen molar-refractivity contribution in [3.05, 3.63) is 35.4 Å². The number of hydrogen-bond donors (Lipinski definition) is 1. The Morgan fingerprint density at radius 1 is 1.24 bits per heavy atom. The largest absolute Gasteiger partial charge is 0.328 e. The van der Waals surface area contributed by atoms with Gasteiger partial charge in [-0.25, -0.2) is 0 Å². The number of nitrogens with two attached hydrogens (primary N) is 1. The number of rotatable bonds is 3. The second kappa shape index (κ2) is 5.65. The molecule has 2 rings (SSSR count). The second-order valence-corrected chi connectivity index (χ2v) is 5.41. The Kier molecular flexibility index (Phi) is 4.19. The van der Waals surface area contributed by atoms with Crippen LogP contribution in [-0.2, 0) is 6.42 Å². The van der Waals surface area contributed by atoms with Gasteiger partial charge in [-0.05, 0) is 51.8 Å². The van der Waals surface area contributed by atoms with Crippen molar-refractivity contribution < 1.29 is 0 Å². The normalized spacial score (nSPS) is 20.4. The van der Waals surface area contributed by atoms with Crippen LogP contribution in [0, 0.1) is 6.92 Å². The Morgan fingerprint density at radius 2 is 1.82 bits per heavy atom. The van der Waals surface area contributed by atoms with Crippen molar-refractivity contribution in [3.63, 3.8) is 0 Å². The molecule has 1 aromatic rings. The lowest BCUT2D eigenvalue weighted by molar-refractivity contribution is 0.162. The Bertz CT molecular complexity index is 336. The van der Waals surface area contributed by atoms with Crippen LogP contribution in [-0.4, -0.2) is 30.1 Å². The van der Waals surface area contributed by atoms with Gasteiger partial charge >= 0.3 is 0 Å². The monoisotopic (exact) mass is 232 g/mol. The van der Waals surface area contributed by atoms with Gasteiger partial charge in [0.2, 0.25) is 0 Å². The van der Waals surface area contributed by atoms with Gasteiger partial charge in [0.25, 0.3) is 0 Å². The summed E-state index contributed by atoms with van der Waals surface area (Å²) in [7, 11) is 0. The zero-order valence-corrected chi connectivity index (χ0v) is 11.0. The molecule has 1 saturated heterocycles. The highest BCUT2D eigenvalue weighted by Gasteiger charge is 2.20. The summed E-state index contributed by atoms with van der Waals surface area (Å²) in [4.78, 5) is 2.57. The molecule has 1 unspecified atom stereocenters. The van der Waals surface area contributed by atoms with E-state index in [4.69, 9.17) is 5.73 Å². The zero-order valence-electron chi connectivity index (χ0n) is 11.0. The number of benzene rings is 1. The Balaban J connectivity index is 1.88. The third-order valence-corrected chi connectivity index (χ3v) is 3.85. The van der Waals surface area contributed by atoms with Gasteiger partial charge in [0.15, 0.2) is 0 Å². The van der Waals surface area contributed by atoms with Crippen LogP contribution in [0.25, 0.3) is 0 Å². The van der Waals surface area contributed by atoms with Crippen LogP contribution in [0.15, 0.2) is 24.3 Å². The van der Waals surface area contributed by atoms with Crippen molar-refractivity contribution in [2.75, 3.05) is 13.1 Å². The van der Waals surface area contributed by atoms with E-state index in [1.54, 1.807) is 0 Å². The fraction of sp³-hybridized carbons (Fsp3) is 0.600. The number of hydrogen-bond acceptors (Lipinski definition) is 2. The molecular formula is C15H24N2. The molecule has 0 radical (unpaired) electrons. The molecule has 1 atom stereocenters. The van der Waals surface area contributed by atoms with E-state index in [0.717, 1.165) is 32.4 Å². The average Bonchev–Trinajstić information content (AvgIpc) is 2.33. The summed E-state index contributed by atoms with van der Waals surface area (Å²) >= 11 is 0. The van der Waals surface area contributed by atoms with Crippen molar-refractivity contribution in [1.82, 2.24) is 4.90 Å². The molecule has 2 nitrogen and oxygen atoms in total. The first-order chi connectivity index (χ1) is 8.15. The highest BCUT2D eigenvalue weighted by molar-refractivity contribution is 5.22. The van der Waals surface area contributed by atoms with Crippen molar-refractivity contribution in [2.45, 2.75) is 45.2 Å². The third-order valence-electron chi connectivity index (χ3n) is 3.85. The van der Waals surface area contributed by atoms with Crippen LogP contribution in [0.2, 0.25) is 0 Å². The number of likely N-dealkylation sites (tertiary alicyclic amines) is 1. The Labute approximate surface area is 105 Å². The number of piperidine rings is 1. The fourth-order valence-electron chi connectivity index (χ4n) is 2.55. The first-order valence-electron chi connectivity index (χ1n) is 6.70. The summed E-state index contributed by atoms with van der Waals surface area (Å²) < 4.78 is 0. The molecule has 0 bridgehead atoms. The summed E-state index contributed by atoms with van der Waals surface area (Å²) in [5.74, 6) is 0. The maximum atomic E-state index is 5.94. The minimum Gasteiger partial charge on any atom is -0.328 e. The summed E-state index contributed by atoms with van der Waals surface area (Å²) in [5.41, 5.74) is 8.72. The fourth-order valence-corrected chi connectivity index (χ4v) is 2.55. The van der Waals surface area contributed by atoms with Crippen LogP contribution in [0.1, 0.15) is 30.9 Å². The highest BCUT2D eigenvalue weighted by Crippen LogP contribution is 2.15. The van der Waals surface area contributed by atoms with E-state index >= 15 is 0 Å². The molecule has 1 fully saturated rings. The molecule has 1 aliphatic heterocycles. The highest BCUT2D eigenvalue weighted by atomic mass is 15.2. The van der Waals surface area contributed by atoms with Crippen molar-refractivity contribution in [3.8, 4) is 0 Å². The minimum atomic E-state index is 0.429. The molecule has 94 valence electrons. The van der Waals surface area contributed by atoms with Crippen LogP contribution in [0.3, 0.4) is 0 Å². The van der Waals surface area contributed by atoms with E-state index in [-0.39, 0.29) is 0 Å². The van der Waals surface area contributed by atoms with Crippen molar-refractivity contribution in [2.24, 2.45) is 5.73 Å². The smallest absolute Gasteiger partial charge is 0.0107 e. The van der Waals surface area contributed by atoms with E-state index in [0.29, 0.717) is 12.1 Å². The lowest BCUT2D eigenvalue weighted by Crippen LogP contribution is -2.44. The molecule has 2 heteroatoms. The SMILES string of the molecule is Cc1ccc(CC(C)N2CCC(N)CC2)cc1. The Hall–Kier alpha value is -0.860. The van der Waals surface area contributed by atoms with Crippen LogP contribution in [0.5, 0.6) is 0 Å². The van der Waals surface area contributed by atoms with E-state index in [1.807, 2.05) is 0 Å². The molecule has 0 amide bonds. The van der Waals surface area contributed by atoms with Gasteiger partial charge in [-0.1, -0.05) is 29.8 Å². The predicted molar refractivity (Wildman–Crippen MR) is 73.1 cm³/mol. The predicted octanol–water partition coefficient (Wildman–Crippen LogP) is 2.35. The summed E-state index contributed by atoms with van der Waals surface area (Å²) in [6.45, 7) is 6.79. The lowest BCUT2D eigenvalue weighted by atomic mass is 10.0. The maximum absolute atomic E-state index is 5.94. The van der Waals surface area contributed by atoms with E-state index < -0.39 is 0 Å². The molecule has 0 aliphatic carbocycles. The lowest BCUT2D eigenvalue weighted by Gasteiger charge is -2.34. The van der Waals surface area contributed by atoms with Gasteiger partial charge < -0.3 is 10.6 Å². The summed E-state index contributed by atoms with van der Waals surface area (Å²) in [6, 6.07) is 9.97. The molecule has 0 aromatic heterocycles. The molecule has 1 aliphatic rings. The Morgan fingerprint density at radius 3 is 2.41 bits per heavy atom. The maximum Gasteiger partial charge on any atom is 0.0107 e. The van der Waals surface area contributed by atoms with Gasteiger partial charge in [0, 0.05) is 12.1 Å². The van der Waals surface area contributed by atoms with E-state index in [9.17, 15) is 0 Å². The first-order valence-corrected chi connectivity index (χ1v) is 6.70. The summed E-state index contributed by atoms with van der Waals surface area (Å²) in [5, 5.41) is 0. The quantitative estimate of drug-likeness (QED) is 0.867. The summed E-state index contributed by atoms with van der Waals surface area (Å²) in [6.07, 6.45) is 3.45. The van der Waals surface area contributed by atoms with E-state index in [2.05, 4.69) is 43.0 Å². The topological polar surface area (TPSA) is 29.3 Å². The molecule has 17 heavy (non-hydrogen) atoms. The molecule has 1 heterocycles. The number of aryl methyl sites for hydroxylation is 1. The van der Waals surface area contributed by atoms with Crippen LogP contribution < -0.4 is 5.73 Å². The molecular weight excluding hydrogens is 208 g/mol. The second-order valence-electron chi connectivity index (χ2n) is 5.41. The van der Waals surface area contributed by atoms with E-state index in [1.165, 1.54) is 11.1 Å². The molecule has 1 aromatic carbocycles. The zero-order chi connectivity index (χ0) is 12.3. The molecule has 0 saturated carbocycles.